The largest absolute Gasteiger partial charge is 0.316 e. The summed E-state index contributed by atoms with van der Waals surface area (Å²) in [7, 11) is 4.21. The third kappa shape index (κ3) is 1.14. The van der Waals surface area contributed by atoms with Crippen molar-refractivity contribution in [1.29, 1.82) is 0 Å². The first-order valence-electron chi connectivity index (χ1n) is 4.45. The molecule has 1 aliphatic rings. The summed E-state index contributed by atoms with van der Waals surface area (Å²) in [6.07, 6.45) is 4.40. The average Bonchev–Trinajstić information content (AvgIpc) is 1.96. The molecule has 0 atom stereocenters. The number of hydrogen-bond acceptors (Lipinski definition) is 2. The van der Waals surface area contributed by atoms with E-state index in [1.165, 1.54) is 0 Å². The van der Waals surface area contributed by atoms with Gasteiger partial charge in [-0.25, -0.2) is 5.01 Å². The second-order valence-electron chi connectivity index (χ2n) is 4.69. The molecule has 0 fully saturated rings. The summed E-state index contributed by atoms with van der Waals surface area (Å²) in [6.45, 7) is 9.08. The number of rotatable bonds is 0. The van der Waals surface area contributed by atoms with Crippen molar-refractivity contribution in [3.63, 3.8) is 0 Å². The molecule has 0 amide bonds. The Labute approximate surface area is 75.8 Å². The van der Waals surface area contributed by atoms with Crippen molar-refractivity contribution in [2.45, 2.75) is 33.2 Å². The standard InChI is InChI=1S/C10H20N2/c1-9(2)7-8-11(5)12(6)10(9,3)4/h7-8H,1-6H3. The van der Waals surface area contributed by atoms with Gasteiger partial charge >= 0.3 is 0 Å². The normalized spacial score (nSPS) is 27.7. The van der Waals surface area contributed by atoms with Crippen LogP contribution in [0.2, 0.25) is 0 Å². The quantitative estimate of drug-likeness (QED) is 0.546. The van der Waals surface area contributed by atoms with Gasteiger partial charge in [0, 0.05) is 31.2 Å². The van der Waals surface area contributed by atoms with Crippen LogP contribution in [-0.4, -0.2) is 29.7 Å². The lowest BCUT2D eigenvalue weighted by atomic mass is 9.73. The van der Waals surface area contributed by atoms with Crippen molar-refractivity contribution in [1.82, 2.24) is 10.0 Å². The Hall–Kier alpha value is -0.500. The molecule has 70 valence electrons. The highest BCUT2D eigenvalue weighted by atomic mass is 15.6. The summed E-state index contributed by atoms with van der Waals surface area (Å²) in [5.74, 6) is 0. The molecule has 0 aromatic carbocycles. The molecule has 2 heteroatoms. The van der Waals surface area contributed by atoms with Crippen LogP contribution >= 0.6 is 0 Å². The van der Waals surface area contributed by atoms with Gasteiger partial charge in [0.1, 0.15) is 0 Å². The van der Waals surface area contributed by atoms with Gasteiger partial charge in [-0.05, 0) is 13.8 Å². The van der Waals surface area contributed by atoms with Crippen LogP contribution < -0.4 is 0 Å². The van der Waals surface area contributed by atoms with Crippen molar-refractivity contribution >= 4 is 0 Å². The number of hydrazine groups is 1. The molecule has 1 heterocycles. The van der Waals surface area contributed by atoms with E-state index in [0.717, 1.165) is 0 Å². The Bertz CT molecular complexity index is 204. The highest BCUT2D eigenvalue weighted by Gasteiger charge is 2.42. The SMILES string of the molecule is CN1C=CC(C)(C)C(C)(C)N1C. The fraction of sp³-hybridized carbons (Fsp3) is 0.800. The van der Waals surface area contributed by atoms with E-state index in [0.29, 0.717) is 0 Å². The molecule has 1 rings (SSSR count). The Morgan fingerprint density at radius 2 is 1.50 bits per heavy atom. The summed E-state index contributed by atoms with van der Waals surface area (Å²) >= 11 is 0. The molecule has 0 spiro atoms. The van der Waals surface area contributed by atoms with Gasteiger partial charge in [0.15, 0.2) is 0 Å². The van der Waals surface area contributed by atoms with Crippen molar-refractivity contribution in [3.05, 3.63) is 12.3 Å². The van der Waals surface area contributed by atoms with E-state index >= 15 is 0 Å². The maximum absolute atomic E-state index is 2.27. The van der Waals surface area contributed by atoms with Gasteiger partial charge in [-0.15, -0.1) is 0 Å². The van der Waals surface area contributed by atoms with Gasteiger partial charge in [0.05, 0.1) is 0 Å². The van der Waals surface area contributed by atoms with E-state index in [9.17, 15) is 0 Å². The molecule has 0 aliphatic carbocycles. The lowest BCUT2D eigenvalue weighted by molar-refractivity contribution is -0.0814. The maximum atomic E-state index is 2.27. The second kappa shape index (κ2) is 2.49. The molecular weight excluding hydrogens is 148 g/mol. The molecule has 0 N–H and O–H groups in total. The molecule has 1 aliphatic heterocycles. The average molecular weight is 168 g/mol. The Balaban J connectivity index is 3.05. The van der Waals surface area contributed by atoms with Crippen molar-refractivity contribution < 1.29 is 0 Å². The molecule has 12 heavy (non-hydrogen) atoms. The first-order chi connectivity index (χ1) is 5.29. The highest BCUT2D eigenvalue weighted by molar-refractivity contribution is 5.09. The Morgan fingerprint density at radius 1 is 1.00 bits per heavy atom. The molecular formula is C10H20N2. The summed E-state index contributed by atoms with van der Waals surface area (Å²) < 4.78 is 0. The predicted octanol–water partition coefficient (Wildman–Crippen LogP) is 2.10. The van der Waals surface area contributed by atoms with E-state index in [1.807, 2.05) is 0 Å². The molecule has 0 aromatic rings. The zero-order chi connectivity index (χ0) is 9.57. The molecule has 0 unspecified atom stereocenters. The zero-order valence-electron chi connectivity index (χ0n) is 9.05. The van der Waals surface area contributed by atoms with Crippen LogP contribution in [0.15, 0.2) is 12.3 Å². The van der Waals surface area contributed by atoms with Gasteiger partial charge in [-0.3, -0.25) is 0 Å². The van der Waals surface area contributed by atoms with Gasteiger partial charge in [0.25, 0.3) is 0 Å². The van der Waals surface area contributed by atoms with E-state index in [2.05, 4.69) is 64.1 Å². The van der Waals surface area contributed by atoms with Crippen LogP contribution in [-0.2, 0) is 0 Å². The summed E-state index contributed by atoms with van der Waals surface area (Å²) in [4.78, 5) is 0. The molecule has 0 saturated carbocycles. The van der Waals surface area contributed by atoms with Crippen LogP contribution in [0.25, 0.3) is 0 Å². The van der Waals surface area contributed by atoms with E-state index in [1.54, 1.807) is 0 Å². The van der Waals surface area contributed by atoms with Gasteiger partial charge in [-0.2, -0.15) is 0 Å². The summed E-state index contributed by atoms with van der Waals surface area (Å²) in [5.41, 5.74) is 0.408. The van der Waals surface area contributed by atoms with Crippen LogP contribution in [0.5, 0.6) is 0 Å². The minimum atomic E-state index is 0.177. The third-order valence-electron chi connectivity index (χ3n) is 3.57. The topological polar surface area (TPSA) is 6.48 Å². The second-order valence-corrected chi connectivity index (χ2v) is 4.69. The van der Waals surface area contributed by atoms with Gasteiger partial charge < -0.3 is 5.01 Å². The van der Waals surface area contributed by atoms with Crippen molar-refractivity contribution in [3.8, 4) is 0 Å². The highest BCUT2D eigenvalue weighted by Crippen LogP contribution is 2.39. The number of nitrogens with zero attached hydrogens (tertiary/aromatic N) is 2. The van der Waals surface area contributed by atoms with E-state index in [-0.39, 0.29) is 11.0 Å². The molecule has 2 nitrogen and oxygen atoms in total. The molecule has 0 saturated heterocycles. The van der Waals surface area contributed by atoms with Crippen molar-refractivity contribution in [2.24, 2.45) is 5.41 Å². The van der Waals surface area contributed by atoms with E-state index < -0.39 is 0 Å². The third-order valence-corrected chi connectivity index (χ3v) is 3.57. The van der Waals surface area contributed by atoms with Crippen LogP contribution in [0.3, 0.4) is 0 Å². The Morgan fingerprint density at radius 3 is 1.92 bits per heavy atom. The fourth-order valence-corrected chi connectivity index (χ4v) is 1.41. The minimum absolute atomic E-state index is 0.177. The van der Waals surface area contributed by atoms with Gasteiger partial charge in [-0.1, -0.05) is 19.9 Å². The predicted molar refractivity (Wildman–Crippen MR) is 52.5 cm³/mol. The zero-order valence-corrected chi connectivity index (χ0v) is 9.05. The van der Waals surface area contributed by atoms with Gasteiger partial charge in [0.2, 0.25) is 0 Å². The monoisotopic (exact) mass is 168 g/mol. The lowest BCUT2D eigenvalue weighted by Crippen LogP contribution is -2.58. The van der Waals surface area contributed by atoms with Crippen LogP contribution in [0, 0.1) is 5.41 Å². The first-order valence-corrected chi connectivity index (χ1v) is 4.45. The summed E-state index contributed by atoms with van der Waals surface area (Å²) in [6, 6.07) is 0. The first kappa shape index (κ1) is 9.59. The molecule has 0 bridgehead atoms. The minimum Gasteiger partial charge on any atom is -0.316 e. The molecule has 0 radical (unpaired) electrons. The summed E-state index contributed by atoms with van der Waals surface area (Å²) in [5, 5.41) is 4.40. The smallest absolute Gasteiger partial charge is 0.0430 e. The van der Waals surface area contributed by atoms with Crippen LogP contribution in [0.4, 0.5) is 0 Å². The maximum Gasteiger partial charge on any atom is 0.0430 e. The number of hydrogen-bond donors (Lipinski definition) is 0. The van der Waals surface area contributed by atoms with Crippen LogP contribution in [0.1, 0.15) is 27.7 Å². The lowest BCUT2D eigenvalue weighted by Gasteiger charge is -2.52. The van der Waals surface area contributed by atoms with Crippen molar-refractivity contribution in [2.75, 3.05) is 14.1 Å². The fourth-order valence-electron chi connectivity index (χ4n) is 1.41. The molecule has 0 aromatic heterocycles. The Kier molecular flexibility index (Phi) is 1.99. The van der Waals surface area contributed by atoms with E-state index in [4.69, 9.17) is 0 Å².